The number of pyridine rings is 1. The fourth-order valence-electron chi connectivity index (χ4n) is 2.66. The molecule has 0 radical (unpaired) electrons. The van der Waals surface area contributed by atoms with Gasteiger partial charge in [-0.25, -0.2) is 0 Å². The Balaban J connectivity index is 2.05. The standard InChI is InChI=1S/C19H14F3N3O2/c20-19(21,22)14-9-10-15(17(12-14)25(26)27)24-18(13-6-2-1-3-7-13)16-8-4-5-11-23-16/h1-12,18,24H/t18-/m0/s1. The highest BCUT2D eigenvalue weighted by Crippen LogP contribution is 2.37. The molecular formula is C19H14F3N3O2. The van der Waals surface area contributed by atoms with Crippen molar-refractivity contribution in [2.24, 2.45) is 0 Å². The van der Waals surface area contributed by atoms with Gasteiger partial charge in [-0.2, -0.15) is 13.2 Å². The number of nitrogens with zero attached hydrogens (tertiary/aromatic N) is 2. The van der Waals surface area contributed by atoms with Crippen molar-refractivity contribution in [3.05, 3.63) is 99.9 Å². The maximum atomic E-state index is 12.9. The van der Waals surface area contributed by atoms with Gasteiger partial charge >= 0.3 is 6.18 Å². The van der Waals surface area contributed by atoms with Crippen molar-refractivity contribution in [1.29, 1.82) is 0 Å². The fourth-order valence-corrected chi connectivity index (χ4v) is 2.66. The van der Waals surface area contributed by atoms with E-state index in [0.29, 0.717) is 11.8 Å². The van der Waals surface area contributed by atoms with E-state index in [0.717, 1.165) is 17.7 Å². The van der Waals surface area contributed by atoms with Gasteiger partial charge in [0.05, 0.1) is 22.2 Å². The minimum Gasteiger partial charge on any atom is -0.367 e. The molecule has 0 spiro atoms. The zero-order chi connectivity index (χ0) is 19.4. The average molecular weight is 373 g/mol. The Bertz CT molecular complexity index is 892. The molecule has 8 heteroatoms. The zero-order valence-electron chi connectivity index (χ0n) is 13.9. The van der Waals surface area contributed by atoms with Gasteiger partial charge < -0.3 is 5.32 Å². The number of benzene rings is 2. The lowest BCUT2D eigenvalue weighted by molar-refractivity contribution is -0.384. The number of alkyl halides is 3. The lowest BCUT2D eigenvalue weighted by Gasteiger charge is -2.20. The maximum Gasteiger partial charge on any atom is 0.416 e. The monoisotopic (exact) mass is 373 g/mol. The van der Waals surface area contributed by atoms with E-state index in [1.165, 1.54) is 0 Å². The van der Waals surface area contributed by atoms with Crippen molar-refractivity contribution in [3.8, 4) is 0 Å². The van der Waals surface area contributed by atoms with Crippen LogP contribution < -0.4 is 5.32 Å². The van der Waals surface area contributed by atoms with Gasteiger partial charge in [0.1, 0.15) is 5.69 Å². The van der Waals surface area contributed by atoms with Crippen LogP contribution in [0.3, 0.4) is 0 Å². The van der Waals surface area contributed by atoms with Crippen LogP contribution in [0.2, 0.25) is 0 Å². The quantitative estimate of drug-likeness (QED) is 0.492. The SMILES string of the molecule is O=[N+]([O-])c1cc(C(F)(F)F)ccc1N[C@@H](c1ccccc1)c1ccccn1. The lowest BCUT2D eigenvalue weighted by Crippen LogP contribution is -2.15. The lowest BCUT2D eigenvalue weighted by atomic mass is 10.0. The summed E-state index contributed by atoms with van der Waals surface area (Å²) in [4.78, 5) is 14.8. The van der Waals surface area contributed by atoms with E-state index in [9.17, 15) is 23.3 Å². The second kappa shape index (κ2) is 7.45. The third-order valence-electron chi connectivity index (χ3n) is 3.94. The molecule has 1 N–H and O–H groups in total. The summed E-state index contributed by atoms with van der Waals surface area (Å²) in [5.74, 6) is 0. The molecule has 138 valence electrons. The van der Waals surface area contributed by atoms with E-state index >= 15 is 0 Å². The summed E-state index contributed by atoms with van der Waals surface area (Å²) in [6.45, 7) is 0. The molecule has 3 aromatic rings. The first kappa shape index (κ1) is 18.4. The smallest absolute Gasteiger partial charge is 0.367 e. The van der Waals surface area contributed by atoms with Gasteiger partial charge in [0.15, 0.2) is 0 Å². The average Bonchev–Trinajstić information content (AvgIpc) is 2.66. The summed E-state index contributed by atoms with van der Waals surface area (Å²) in [5.41, 5.74) is -0.397. The van der Waals surface area contributed by atoms with Gasteiger partial charge in [0, 0.05) is 12.3 Å². The highest BCUT2D eigenvalue weighted by molar-refractivity contribution is 5.64. The number of aromatic nitrogens is 1. The summed E-state index contributed by atoms with van der Waals surface area (Å²) in [7, 11) is 0. The molecule has 3 rings (SSSR count). The van der Waals surface area contributed by atoms with Crippen molar-refractivity contribution in [3.63, 3.8) is 0 Å². The highest BCUT2D eigenvalue weighted by Gasteiger charge is 2.33. The van der Waals surface area contributed by atoms with Gasteiger partial charge in [-0.1, -0.05) is 36.4 Å². The molecule has 0 aliphatic rings. The number of nitrogens with one attached hydrogen (secondary N) is 1. The third kappa shape index (κ3) is 4.22. The molecule has 0 saturated heterocycles. The Morgan fingerprint density at radius 1 is 1.00 bits per heavy atom. The van der Waals surface area contributed by atoms with Crippen LogP contribution in [0, 0.1) is 10.1 Å². The predicted molar refractivity (Wildman–Crippen MR) is 94.2 cm³/mol. The van der Waals surface area contributed by atoms with Crippen LogP contribution in [0.15, 0.2) is 72.9 Å². The van der Waals surface area contributed by atoms with Crippen LogP contribution in [-0.4, -0.2) is 9.91 Å². The van der Waals surface area contributed by atoms with E-state index in [-0.39, 0.29) is 5.69 Å². The molecule has 0 amide bonds. The first-order valence-electron chi connectivity index (χ1n) is 7.94. The number of nitro benzene ring substituents is 1. The van der Waals surface area contributed by atoms with Crippen LogP contribution >= 0.6 is 0 Å². The third-order valence-corrected chi connectivity index (χ3v) is 3.94. The van der Waals surface area contributed by atoms with E-state index in [1.807, 2.05) is 18.2 Å². The molecule has 0 unspecified atom stereocenters. The second-order valence-electron chi connectivity index (χ2n) is 5.73. The summed E-state index contributed by atoms with van der Waals surface area (Å²) in [5, 5.41) is 14.3. The molecule has 27 heavy (non-hydrogen) atoms. The summed E-state index contributed by atoms with van der Waals surface area (Å²) >= 11 is 0. The number of hydrogen-bond donors (Lipinski definition) is 1. The van der Waals surface area contributed by atoms with Gasteiger partial charge in [-0.15, -0.1) is 0 Å². The Kier molecular flexibility index (Phi) is 5.07. The Labute approximate surface area is 152 Å². The number of nitro groups is 1. The number of rotatable bonds is 5. The molecule has 2 aromatic carbocycles. The van der Waals surface area contributed by atoms with E-state index in [2.05, 4.69) is 10.3 Å². The van der Waals surface area contributed by atoms with Crippen LogP contribution in [-0.2, 0) is 6.18 Å². The summed E-state index contributed by atoms with van der Waals surface area (Å²) < 4.78 is 38.7. The Hall–Kier alpha value is -3.42. The van der Waals surface area contributed by atoms with E-state index < -0.39 is 28.4 Å². The zero-order valence-corrected chi connectivity index (χ0v) is 13.9. The van der Waals surface area contributed by atoms with Gasteiger partial charge in [0.2, 0.25) is 0 Å². The maximum absolute atomic E-state index is 12.9. The van der Waals surface area contributed by atoms with Gasteiger partial charge in [0.25, 0.3) is 5.69 Å². The van der Waals surface area contributed by atoms with Crippen LogP contribution in [0.1, 0.15) is 22.9 Å². The number of halogens is 3. The predicted octanol–water partition coefficient (Wildman–Crippen LogP) is 5.21. The molecule has 0 fully saturated rings. The minimum atomic E-state index is -4.66. The van der Waals surface area contributed by atoms with Crippen molar-refractivity contribution in [1.82, 2.24) is 4.98 Å². The van der Waals surface area contributed by atoms with Crippen LogP contribution in [0.4, 0.5) is 24.5 Å². The first-order valence-corrected chi connectivity index (χ1v) is 7.94. The topological polar surface area (TPSA) is 68.1 Å². The van der Waals surface area contributed by atoms with Gasteiger partial charge in [-0.05, 0) is 29.8 Å². The normalized spacial score (nSPS) is 12.4. The van der Waals surface area contributed by atoms with Crippen molar-refractivity contribution >= 4 is 11.4 Å². The summed E-state index contributed by atoms with van der Waals surface area (Å²) in [6.07, 6.45) is -3.09. The Morgan fingerprint density at radius 3 is 2.30 bits per heavy atom. The van der Waals surface area contributed by atoms with Crippen molar-refractivity contribution in [2.75, 3.05) is 5.32 Å². The molecule has 5 nitrogen and oxygen atoms in total. The number of hydrogen-bond acceptors (Lipinski definition) is 4. The molecule has 0 saturated carbocycles. The molecule has 1 aromatic heterocycles. The second-order valence-corrected chi connectivity index (χ2v) is 5.73. The van der Waals surface area contributed by atoms with Crippen molar-refractivity contribution in [2.45, 2.75) is 12.2 Å². The largest absolute Gasteiger partial charge is 0.416 e. The Morgan fingerprint density at radius 2 is 1.70 bits per heavy atom. The van der Waals surface area contributed by atoms with Gasteiger partial charge in [-0.3, -0.25) is 15.1 Å². The molecule has 1 heterocycles. The first-order chi connectivity index (χ1) is 12.9. The minimum absolute atomic E-state index is 0.0208. The summed E-state index contributed by atoms with van der Waals surface area (Å²) in [6, 6.07) is 16.1. The molecule has 0 aliphatic heterocycles. The highest BCUT2D eigenvalue weighted by atomic mass is 19.4. The van der Waals surface area contributed by atoms with E-state index in [1.54, 1.807) is 36.5 Å². The van der Waals surface area contributed by atoms with Crippen LogP contribution in [0.5, 0.6) is 0 Å². The number of anilines is 1. The fraction of sp³-hybridized carbons (Fsp3) is 0.105. The molecule has 0 bridgehead atoms. The van der Waals surface area contributed by atoms with Crippen LogP contribution in [0.25, 0.3) is 0 Å². The molecular weight excluding hydrogens is 359 g/mol. The van der Waals surface area contributed by atoms with E-state index in [4.69, 9.17) is 0 Å². The molecule has 0 aliphatic carbocycles. The van der Waals surface area contributed by atoms with Crippen molar-refractivity contribution < 1.29 is 18.1 Å². The molecule has 1 atom stereocenters.